The molecule has 0 bridgehead atoms. The normalized spacial score (nSPS) is 24.0. The third-order valence-electron chi connectivity index (χ3n) is 2.77. The highest BCUT2D eigenvalue weighted by Crippen LogP contribution is 2.34. The maximum atomic E-state index is 12.2. The van der Waals surface area contributed by atoms with Gasteiger partial charge in [-0.05, 0) is 31.4 Å². The van der Waals surface area contributed by atoms with Gasteiger partial charge in [0.1, 0.15) is 6.10 Å². The number of benzene rings is 1. The number of rotatable bonds is 3. The van der Waals surface area contributed by atoms with Crippen molar-refractivity contribution in [3.63, 3.8) is 0 Å². The average Bonchev–Trinajstić information content (AvgIpc) is 2.65. The van der Waals surface area contributed by atoms with Crippen LogP contribution in [0.25, 0.3) is 0 Å². The Labute approximate surface area is 102 Å². The summed E-state index contributed by atoms with van der Waals surface area (Å²) < 4.78 is 45.8. The largest absolute Gasteiger partial charge is 0.573 e. The van der Waals surface area contributed by atoms with Crippen LogP contribution in [0.1, 0.15) is 19.3 Å². The number of aliphatic hydroxyl groups is 1. The standard InChI is InChI=1S/C12H13F3O3/c13-12(14,15)18-11-6-2-1-5-10(11)17-9-7-3-4-8(9)16/h1-2,5-6,8-9,16H,3-4,7H2. The van der Waals surface area contributed by atoms with Gasteiger partial charge in [-0.1, -0.05) is 12.1 Å². The molecule has 2 atom stereocenters. The van der Waals surface area contributed by atoms with E-state index in [9.17, 15) is 18.3 Å². The number of ether oxygens (including phenoxy) is 2. The van der Waals surface area contributed by atoms with Crippen LogP contribution < -0.4 is 9.47 Å². The van der Waals surface area contributed by atoms with Crippen LogP contribution in [0.2, 0.25) is 0 Å². The summed E-state index contributed by atoms with van der Waals surface area (Å²) in [4.78, 5) is 0. The number of para-hydroxylation sites is 2. The van der Waals surface area contributed by atoms with Crippen molar-refractivity contribution in [2.75, 3.05) is 0 Å². The molecule has 18 heavy (non-hydrogen) atoms. The lowest BCUT2D eigenvalue weighted by atomic mass is 10.2. The van der Waals surface area contributed by atoms with E-state index in [2.05, 4.69) is 4.74 Å². The lowest BCUT2D eigenvalue weighted by Crippen LogP contribution is -2.26. The van der Waals surface area contributed by atoms with Crippen LogP contribution in [0.5, 0.6) is 11.5 Å². The molecule has 0 spiro atoms. The molecule has 0 saturated heterocycles. The highest BCUT2D eigenvalue weighted by atomic mass is 19.4. The predicted molar refractivity (Wildman–Crippen MR) is 57.4 cm³/mol. The fraction of sp³-hybridized carbons (Fsp3) is 0.500. The first-order chi connectivity index (χ1) is 8.46. The number of alkyl halides is 3. The Hall–Kier alpha value is -1.43. The van der Waals surface area contributed by atoms with E-state index in [1.165, 1.54) is 18.2 Å². The maximum absolute atomic E-state index is 12.2. The third kappa shape index (κ3) is 3.29. The minimum atomic E-state index is -4.76. The zero-order chi connectivity index (χ0) is 13.2. The van der Waals surface area contributed by atoms with Crippen molar-refractivity contribution < 1.29 is 27.8 Å². The Morgan fingerprint density at radius 2 is 1.78 bits per heavy atom. The summed E-state index contributed by atoms with van der Waals surface area (Å²) in [6.45, 7) is 0. The van der Waals surface area contributed by atoms with Crippen molar-refractivity contribution in [2.24, 2.45) is 0 Å². The van der Waals surface area contributed by atoms with Crippen LogP contribution in [0.15, 0.2) is 24.3 Å². The molecule has 1 N–H and O–H groups in total. The van der Waals surface area contributed by atoms with Crippen LogP contribution >= 0.6 is 0 Å². The van der Waals surface area contributed by atoms with Crippen molar-refractivity contribution in [3.8, 4) is 11.5 Å². The Kier molecular flexibility index (Phi) is 3.65. The molecule has 0 aromatic heterocycles. The monoisotopic (exact) mass is 262 g/mol. The van der Waals surface area contributed by atoms with Gasteiger partial charge in [0.25, 0.3) is 0 Å². The number of hydrogen-bond donors (Lipinski definition) is 1. The first-order valence-corrected chi connectivity index (χ1v) is 5.65. The van der Waals surface area contributed by atoms with E-state index in [1.807, 2.05) is 0 Å². The Balaban J connectivity index is 2.12. The van der Waals surface area contributed by atoms with Gasteiger partial charge in [-0.15, -0.1) is 13.2 Å². The van der Waals surface area contributed by atoms with Crippen molar-refractivity contribution in [1.82, 2.24) is 0 Å². The molecule has 1 aliphatic carbocycles. The van der Waals surface area contributed by atoms with Gasteiger partial charge >= 0.3 is 6.36 Å². The molecule has 3 nitrogen and oxygen atoms in total. The Bertz CT molecular complexity index is 406. The zero-order valence-corrected chi connectivity index (χ0v) is 9.48. The lowest BCUT2D eigenvalue weighted by Gasteiger charge is -2.19. The summed E-state index contributed by atoms with van der Waals surface area (Å²) in [6, 6.07) is 5.56. The summed E-state index contributed by atoms with van der Waals surface area (Å²) in [7, 11) is 0. The molecule has 2 rings (SSSR count). The van der Waals surface area contributed by atoms with Crippen molar-refractivity contribution in [1.29, 1.82) is 0 Å². The quantitative estimate of drug-likeness (QED) is 0.910. The number of halogens is 3. The van der Waals surface area contributed by atoms with Crippen LogP contribution in [0, 0.1) is 0 Å². The summed E-state index contributed by atoms with van der Waals surface area (Å²) in [5.41, 5.74) is 0. The second kappa shape index (κ2) is 5.06. The Morgan fingerprint density at radius 3 is 2.33 bits per heavy atom. The lowest BCUT2D eigenvalue weighted by molar-refractivity contribution is -0.275. The minimum absolute atomic E-state index is 0.000718. The summed E-state index contributed by atoms with van der Waals surface area (Å²) in [6.07, 6.45) is -3.83. The Morgan fingerprint density at radius 1 is 1.11 bits per heavy atom. The third-order valence-corrected chi connectivity index (χ3v) is 2.77. The first-order valence-electron chi connectivity index (χ1n) is 5.65. The summed E-state index contributed by atoms with van der Waals surface area (Å²) >= 11 is 0. The van der Waals surface area contributed by atoms with Gasteiger partial charge in [0.15, 0.2) is 11.5 Å². The predicted octanol–water partition coefficient (Wildman–Crippen LogP) is 2.88. The smallest absolute Gasteiger partial charge is 0.484 e. The van der Waals surface area contributed by atoms with Crippen LogP contribution in [0.3, 0.4) is 0 Å². The molecule has 1 aliphatic rings. The fourth-order valence-electron chi connectivity index (χ4n) is 1.96. The molecule has 0 aliphatic heterocycles. The van der Waals surface area contributed by atoms with E-state index < -0.39 is 18.6 Å². The molecule has 0 amide bonds. The molecule has 6 heteroatoms. The molecular formula is C12H13F3O3. The second-order valence-corrected chi connectivity index (χ2v) is 4.15. The first kappa shape index (κ1) is 13.0. The van der Waals surface area contributed by atoms with Gasteiger partial charge in [-0.3, -0.25) is 0 Å². The average molecular weight is 262 g/mol. The summed E-state index contributed by atoms with van der Waals surface area (Å²) in [5.74, 6) is -0.384. The highest BCUT2D eigenvalue weighted by molar-refractivity contribution is 5.39. The van der Waals surface area contributed by atoms with Gasteiger partial charge < -0.3 is 14.6 Å². The van der Waals surface area contributed by atoms with Crippen molar-refractivity contribution in [3.05, 3.63) is 24.3 Å². The van der Waals surface area contributed by atoms with Gasteiger partial charge in [0.05, 0.1) is 6.10 Å². The fourth-order valence-corrected chi connectivity index (χ4v) is 1.96. The van der Waals surface area contributed by atoms with Crippen LogP contribution in [-0.2, 0) is 0 Å². The minimum Gasteiger partial charge on any atom is -0.484 e. The van der Waals surface area contributed by atoms with Crippen LogP contribution in [0.4, 0.5) is 13.2 Å². The van der Waals surface area contributed by atoms with E-state index >= 15 is 0 Å². The molecule has 1 aromatic carbocycles. The number of aliphatic hydroxyl groups excluding tert-OH is 1. The molecule has 1 aromatic rings. The molecule has 100 valence electrons. The molecule has 1 saturated carbocycles. The van der Waals surface area contributed by atoms with E-state index in [4.69, 9.17) is 4.74 Å². The molecule has 0 radical (unpaired) electrons. The SMILES string of the molecule is OC1CCCC1Oc1ccccc1OC(F)(F)F. The van der Waals surface area contributed by atoms with E-state index in [-0.39, 0.29) is 11.5 Å². The van der Waals surface area contributed by atoms with Gasteiger partial charge in [0, 0.05) is 0 Å². The molecule has 0 heterocycles. The molecular weight excluding hydrogens is 249 g/mol. The topological polar surface area (TPSA) is 38.7 Å². The van der Waals surface area contributed by atoms with E-state index in [0.29, 0.717) is 12.8 Å². The second-order valence-electron chi connectivity index (χ2n) is 4.15. The maximum Gasteiger partial charge on any atom is 0.573 e. The van der Waals surface area contributed by atoms with Crippen molar-refractivity contribution in [2.45, 2.75) is 37.8 Å². The van der Waals surface area contributed by atoms with Crippen LogP contribution in [-0.4, -0.2) is 23.7 Å². The van der Waals surface area contributed by atoms with Gasteiger partial charge in [0.2, 0.25) is 0 Å². The van der Waals surface area contributed by atoms with Gasteiger partial charge in [-0.2, -0.15) is 0 Å². The molecule has 2 unspecified atom stereocenters. The van der Waals surface area contributed by atoms with Gasteiger partial charge in [-0.25, -0.2) is 0 Å². The van der Waals surface area contributed by atoms with E-state index in [0.717, 1.165) is 6.42 Å². The highest BCUT2D eigenvalue weighted by Gasteiger charge is 2.33. The molecule has 1 fully saturated rings. The number of hydrogen-bond acceptors (Lipinski definition) is 3. The van der Waals surface area contributed by atoms with Crippen molar-refractivity contribution >= 4 is 0 Å². The van der Waals surface area contributed by atoms with E-state index in [1.54, 1.807) is 6.07 Å². The summed E-state index contributed by atoms with van der Waals surface area (Å²) in [5, 5.41) is 9.59. The zero-order valence-electron chi connectivity index (χ0n) is 9.48.